The van der Waals surface area contributed by atoms with Gasteiger partial charge in [-0.15, -0.1) is 0 Å². The van der Waals surface area contributed by atoms with Crippen molar-refractivity contribution in [3.8, 4) is 0 Å². The first-order valence-electron chi connectivity index (χ1n) is 7.09. The highest BCUT2D eigenvalue weighted by Gasteiger charge is 2.22. The summed E-state index contributed by atoms with van der Waals surface area (Å²) in [5.41, 5.74) is 0.386. The largest absolute Gasteiger partial charge is 0.350 e. The maximum absolute atomic E-state index is 13.7. The van der Waals surface area contributed by atoms with Gasteiger partial charge in [0, 0.05) is 12.5 Å². The normalized spacial score (nSPS) is 17.6. The van der Waals surface area contributed by atoms with Crippen molar-refractivity contribution in [1.82, 2.24) is 5.32 Å². The summed E-state index contributed by atoms with van der Waals surface area (Å²) in [6.07, 6.45) is 1.79. The number of rotatable bonds is 7. The van der Waals surface area contributed by atoms with Crippen LogP contribution in [-0.2, 0) is 15.9 Å². The molecule has 1 aliphatic heterocycles. The van der Waals surface area contributed by atoms with E-state index in [1.54, 1.807) is 0 Å². The predicted octanol–water partition coefficient (Wildman–Crippen LogP) is 2.64. The molecule has 1 aliphatic rings. The van der Waals surface area contributed by atoms with Crippen molar-refractivity contribution >= 4 is 0 Å². The second kappa shape index (κ2) is 7.67. The molecule has 0 aromatic heterocycles. The molecule has 0 radical (unpaired) electrons. The van der Waals surface area contributed by atoms with Gasteiger partial charge in [-0.2, -0.15) is 0 Å². The summed E-state index contributed by atoms with van der Waals surface area (Å²) in [4.78, 5) is 0. The average molecular weight is 285 g/mol. The van der Waals surface area contributed by atoms with Crippen molar-refractivity contribution in [3.05, 3.63) is 35.4 Å². The first kappa shape index (κ1) is 15.4. The van der Waals surface area contributed by atoms with Gasteiger partial charge in [-0.1, -0.05) is 6.92 Å². The highest BCUT2D eigenvalue weighted by atomic mass is 19.1. The Balaban J connectivity index is 1.99. The zero-order valence-electron chi connectivity index (χ0n) is 11.7. The zero-order chi connectivity index (χ0) is 14.4. The average Bonchev–Trinajstić information content (AvgIpc) is 2.93. The minimum absolute atomic E-state index is 0.00866. The first-order chi connectivity index (χ1) is 9.69. The van der Waals surface area contributed by atoms with Gasteiger partial charge in [-0.25, -0.2) is 8.78 Å². The molecule has 1 saturated heterocycles. The minimum atomic E-state index is -0.413. The van der Waals surface area contributed by atoms with E-state index in [4.69, 9.17) is 9.47 Å². The molecular formula is C15H21F2NO2. The molecule has 1 aromatic rings. The molecule has 20 heavy (non-hydrogen) atoms. The molecule has 0 spiro atoms. The highest BCUT2D eigenvalue weighted by Crippen LogP contribution is 2.17. The van der Waals surface area contributed by atoms with E-state index in [9.17, 15) is 8.78 Å². The topological polar surface area (TPSA) is 30.5 Å². The lowest BCUT2D eigenvalue weighted by Gasteiger charge is -2.21. The number of nitrogens with one attached hydrogen (secondary N) is 1. The Kier molecular flexibility index (Phi) is 5.88. The Labute approximate surface area is 118 Å². The molecule has 5 heteroatoms. The second-order valence-electron chi connectivity index (χ2n) is 5.00. The van der Waals surface area contributed by atoms with E-state index >= 15 is 0 Å². The van der Waals surface area contributed by atoms with Crippen molar-refractivity contribution < 1.29 is 18.3 Å². The smallest absolute Gasteiger partial charge is 0.159 e. The lowest BCUT2D eigenvalue weighted by molar-refractivity contribution is -0.0526. The van der Waals surface area contributed by atoms with Gasteiger partial charge in [0.1, 0.15) is 11.6 Å². The molecule has 1 N–H and O–H groups in total. The predicted molar refractivity (Wildman–Crippen MR) is 72.5 cm³/mol. The van der Waals surface area contributed by atoms with Crippen molar-refractivity contribution in [2.75, 3.05) is 19.8 Å². The fraction of sp³-hybridized carbons (Fsp3) is 0.600. The second-order valence-corrected chi connectivity index (χ2v) is 5.00. The van der Waals surface area contributed by atoms with Crippen LogP contribution in [0.3, 0.4) is 0 Å². The quantitative estimate of drug-likeness (QED) is 0.835. The van der Waals surface area contributed by atoms with E-state index in [-0.39, 0.29) is 18.1 Å². The molecular weight excluding hydrogens is 264 g/mol. The zero-order valence-corrected chi connectivity index (χ0v) is 11.7. The van der Waals surface area contributed by atoms with Crippen LogP contribution in [0.4, 0.5) is 8.78 Å². The summed E-state index contributed by atoms with van der Waals surface area (Å²) < 4.78 is 37.8. The molecule has 2 rings (SSSR count). The summed E-state index contributed by atoms with van der Waals surface area (Å²) in [6, 6.07) is 3.57. The van der Waals surface area contributed by atoms with Crippen LogP contribution < -0.4 is 5.32 Å². The van der Waals surface area contributed by atoms with Crippen molar-refractivity contribution in [2.45, 2.75) is 38.5 Å². The van der Waals surface area contributed by atoms with E-state index in [1.165, 1.54) is 12.1 Å². The number of ether oxygens (including phenoxy) is 2. The summed E-state index contributed by atoms with van der Waals surface area (Å²) in [6.45, 7) is 4.09. The van der Waals surface area contributed by atoms with Crippen LogP contribution in [0.5, 0.6) is 0 Å². The third-order valence-electron chi connectivity index (χ3n) is 3.32. The van der Waals surface area contributed by atoms with Gasteiger partial charge in [0.2, 0.25) is 0 Å². The van der Waals surface area contributed by atoms with E-state index < -0.39 is 5.82 Å². The summed E-state index contributed by atoms with van der Waals surface area (Å²) in [5, 5.41) is 3.34. The third-order valence-corrected chi connectivity index (χ3v) is 3.32. The lowest BCUT2D eigenvalue weighted by Crippen LogP contribution is -2.35. The Morgan fingerprint density at radius 1 is 1.30 bits per heavy atom. The Morgan fingerprint density at radius 2 is 2.05 bits per heavy atom. The SMILES string of the molecule is CCCNC(Cc1cc(F)ccc1F)CC1OCCO1. The molecule has 0 aliphatic carbocycles. The van der Waals surface area contributed by atoms with Gasteiger partial charge in [-0.05, 0) is 43.1 Å². The summed E-state index contributed by atoms with van der Waals surface area (Å²) in [5.74, 6) is -0.785. The van der Waals surface area contributed by atoms with Gasteiger partial charge in [0.15, 0.2) is 6.29 Å². The van der Waals surface area contributed by atoms with Gasteiger partial charge in [-0.3, -0.25) is 0 Å². The monoisotopic (exact) mass is 285 g/mol. The molecule has 1 fully saturated rings. The number of hydrogen-bond donors (Lipinski definition) is 1. The number of halogens is 2. The fourth-order valence-electron chi connectivity index (χ4n) is 2.33. The molecule has 1 unspecified atom stereocenters. The van der Waals surface area contributed by atoms with Crippen molar-refractivity contribution in [1.29, 1.82) is 0 Å². The van der Waals surface area contributed by atoms with Gasteiger partial charge < -0.3 is 14.8 Å². The molecule has 1 heterocycles. The highest BCUT2D eigenvalue weighted by molar-refractivity contribution is 5.19. The molecule has 0 saturated carbocycles. The molecule has 3 nitrogen and oxygen atoms in total. The summed E-state index contributed by atoms with van der Waals surface area (Å²) in [7, 11) is 0. The van der Waals surface area contributed by atoms with Gasteiger partial charge >= 0.3 is 0 Å². The van der Waals surface area contributed by atoms with Crippen LogP contribution >= 0.6 is 0 Å². The van der Waals surface area contributed by atoms with Crippen LogP contribution in [0.25, 0.3) is 0 Å². The first-order valence-corrected chi connectivity index (χ1v) is 7.09. The van der Waals surface area contributed by atoms with E-state index in [0.29, 0.717) is 31.6 Å². The lowest BCUT2D eigenvalue weighted by atomic mass is 10.0. The van der Waals surface area contributed by atoms with E-state index in [0.717, 1.165) is 19.0 Å². The number of hydrogen-bond acceptors (Lipinski definition) is 3. The third kappa shape index (κ3) is 4.51. The van der Waals surface area contributed by atoms with Crippen LogP contribution in [0.15, 0.2) is 18.2 Å². The summed E-state index contributed by atoms with van der Waals surface area (Å²) >= 11 is 0. The molecule has 1 atom stereocenters. The maximum atomic E-state index is 13.7. The molecule has 112 valence electrons. The van der Waals surface area contributed by atoms with Crippen LogP contribution in [0.1, 0.15) is 25.3 Å². The standard InChI is InChI=1S/C15H21F2NO2/c1-2-5-18-13(10-15-19-6-7-20-15)9-11-8-12(16)3-4-14(11)17/h3-4,8,13,15,18H,2,5-7,9-10H2,1H3. The fourth-order valence-corrected chi connectivity index (χ4v) is 2.33. The van der Waals surface area contributed by atoms with Gasteiger partial charge in [0.05, 0.1) is 13.2 Å². The molecule has 1 aromatic carbocycles. The minimum Gasteiger partial charge on any atom is -0.350 e. The Morgan fingerprint density at radius 3 is 2.75 bits per heavy atom. The van der Waals surface area contributed by atoms with Crippen LogP contribution in [0, 0.1) is 11.6 Å². The van der Waals surface area contributed by atoms with Crippen LogP contribution in [-0.4, -0.2) is 32.1 Å². The van der Waals surface area contributed by atoms with Gasteiger partial charge in [0.25, 0.3) is 0 Å². The number of benzene rings is 1. The Hall–Kier alpha value is -1.04. The van der Waals surface area contributed by atoms with E-state index in [1.807, 2.05) is 0 Å². The van der Waals surface area contributed by atoms with E-state index in [2.05, 4.69) is 12.2 Å². The van der Waals surface area contributed by atoms with Crippen molar-refractivity contribution in [3.63, 3.8) is 0 Å². The molecule has 0 amide bonds. The van der Waals surface area contributed by atoms with Crippen LogP contribution in [0.2, 0.25) is 0 Å². The Bertz CT molecular complexity index is 422. The molecule has 0 bridgehead atoms. The van der Waals surface area contributed by atoms with Crippen molar-refractivity contribution in [2.24, 2.45) is 0 Å². The maximum Gasteiger partial charge on any atom is 0.159 e.